The second kappa shape index (κ2) is 7.92. The summed E-state index contributed by atoms with van der Waals surface area (Å²) in [5, 5.41) is 12.6. The molecule has 148 valence electrons. The first-order chi connectivity index (χ1) is 13.6. The van der Waals surface area contributed by atoms with Crippen LogP contribution in [-0.4, -0.2) is 53.4 Å². The maximum atomic E-state index is 12.7. The van der Waals surface area contributed by atoms with Gasteiger partial charge in [0.2, 0.25) is 11.9 Å². The molecule has 1 N–H and O–H groups in total. The van der Waals surface area contributed by atoms with Crippen LogP contribution in [0.1, 0.15) is 38.2 Å². The molecule has 4 rings (SSSR count). The van der Waals surface area contributed by atoms with Crippen LogP contribution in [-0.2, 0) is 11.3 Å². The monoisotopic (exact) mass is 379 g/mol. The standard InChI is InChI=1S/C22H29N5O/c1-17-7-11-27(12-8-17)21-24-20(28)19(15-23)22(25-21)9-13-26(14-10-22)16-18-5-3-2-4-6-18/h2-6,17,19H,7-14,16H2,1H3,(H,24,25,28)/t19-/m0/s1. The van der Waals surface area contributed by atoms with E-state index in [1.807, 2.05) is 6.07 Å². The summed E-state index contributed by atoms with van der Waals surface area (Å²) >= 11 is 0. The van der Waals surface area contributed by atoms with Crippen molar-refractivity contribution in [2.75, 3.05) is 26.2 Å². The van der Waals surface area contributed by atoms with Crippen LogP contribution in [0, 0.1) is 23.2 Å². The summed E-state index contributed by atoms with van der Waals surface area (Å²) in [6.07, 6.45) is 3.74. The van der Waals surface area contributed by atoms with Gasteiger partial charge in [0, 0.05) is 32.7 Å². The van der Waals surface area contributed by atoms with Gasteiger partial charge in [0.05, 0.1) is 11.6 Å². The maximum Gasteiger partial charge on any atom is 0.246 e. The Balaban J connectivity index is 1.50. The van der Waals surface area contributed by atoms with Crippen LogP contribution in [0.3, 0.4) is 0 Å². The Morgan fingerprint density at radius 1 is 1.18 bits per heavy atom. The number of piperidine rings is 2. The molecule has 2 fully saturated rings. The Kier molecular flexibility index (Phi) is 5.36. The maximum absolute atomic E-state index is 12.7. The first kappa shape index (κ1) is 18.9. The van der Waals surface area contributed by atoms with Crippen molar-refractivity contribution in [1.29, 1.82) is 5.26 Å². The van der Waals surface area contributed by atoms with Gasteiger partial charge in [0.15, 0.2) is 5.92 Å². The zero-order valence-corrected chi connectivity index (χ0v) is 16.6. The SMILES string of the molecule is CC1CCN(C2=NC3(CCN(Cc4ccccc4)CC3)[C@@H](C#N)C(=O)N2)CC1. The summed E-state index contributed by atoms with van der Waals surface area (Å²) in [4.78, 5) is 22.4. The number of benzene rings is 1. The number of aliphatic imine (C=N–C) groups is 1. The number of amides is 1. The van der Waals surface area contributed by atoms with Crippen LogP contribution in [0.2, 0.25) is 0 Å². The molecule has 1 spiro atoms. The highest BCUT2D eigenvalue weighted by molar-refractivity contribution is 6.02. The van der Waals surface area contributed by atoms with Crippen molar-refractivity contribution < 1.29 is 4.79 Å². The van der Waals surface area contributed by atoms with Gasteiger partial charge in [-0.3, -0.25) is 15.0 Å². The van der Waals surface area contributed by atoms with E-state index in [-0.39, 0.29) is 5.91 Å². The van der Waals surface area contributed by atoms with Crippen molar-refractivity contribution in [1.82, 2.24) is 15.1 Å². The van der Waals surface area contributed by atoms with Gasteiger partial charge < -0.3 is 4.90 Å². The summed E-state index contributed by atoms with van der Waals surface area (Å²) < 4.78 is 0. The zero-order valence-electron chi connectivity index (χ0n) is 16.6. The Labute approximate surface area is 167 Å². The minimum absolute atomic E-state index is 0.178. The molecule has 1 aromatic rings. The fraction of sp³-hybridized carbons (Fsp3) is 0.591. The van der Waals surface area contributed by atoms with Crippen LogP contribution >= 0.6 is 0 Å². The Hall–Kier alpha value is -2.39. The topological polar surface area (TPSA) is 71.7 Å². The second-order valence-electron chi connectivity index (χ2n) is 8.52. The molecular weight excluding hydrogens is 350 g/mol. The molecule has 3 aliphatic rings. The third-order valence-corrected chi connectivity index (χ3v) is 6.55. The number of hydrogen-bond acceptors (Lipinski definition) is 5. The summed E-state index contributed by atoms with van der Waals surface area (Å²) in [6.45, 7) is 6.74. The number of nitrogens with zero attached hydrogens (tertiary/aromatic N) is 4. The van der Waals surface area contributed by atoms with E-state index in [1.165, 1.54) is 5.56 Å². The molecule has 1 aromatic carbocycles. The highest BCUT2D eigenvalue weighted by atomic mass is 16.2. The average Bonchev–Trinajstić information content (AvgIpc) is 2.71. The van der Waals surface area contributed by atoms with E-state index in [0.29, 0.717) is 5.96 Å². The van der Waals surface area contributed by atoms with Gasteiger partial charge in [-0.2, -0.15) is 5.26 Å². The molecule has 0 radical (unpaired) electrons. The molecule has 0 aliphatic carbocycles. The predicted molar refractivity (Wildman–Crippen MR) is 108 cm³/mol. The van der Waals surface area contributed by atoms with Gasteiger partial charge in [-0.15, -0.1) is 0 Å². The number of carbonyl (C=O) groups is 1. The van der Waals surface area contributed by atoms with Gasteiger partial charge in [-0.05, 0) is 37.2 Å². The minimum atomic E-state index is -0.696. The second-order valence-corrected chi connectivity index (χ2v) is 8.52. The van der Waals surface area contributed by atoms with Crippen molar-refractivity contribution in [2.45, 2.75) is 44.7 Å². The average molecular weight is 380 g/mol. The fourth-order valence-electron chi connectivity index (χ4n) is 4.62. The molecule has 0 unspecified atom stereocenters. The Bertz CT molecular complexity index is 768. The lowest BCUT2D eigenvalue weighted by molar-refractivity contribution is -0.125. The first-order valence-electron chi connectivity index (χ1n) is 10.4. The first-order valence-corrected chi connectivity index (χ1v) is 10.4. The van der Waals surface area contributed by atoms with Crippen LogP contribution in [0.15, 0.2) is 35.3 Å². The Morgan fingerprint density at radius 3 is 2.50 bits per heavy atom. The number of guanidine groups is 1. The van der Waals surface area contributed by atoms with Crippen molar-refractivity contribution >= 4 is 11.9 Å². The molecule has 28 heavy (non-hydrogen) atoms. The number of likely N-dealkylation sites (tertiary alicyclic amines) is 2. The third-order valence-electron chi connectivity index (χ3n) is 6.55. The molecule has 0 saturated carbocycles. The van der Waals surface area contributed by atoms with E-state index in [4.69, 9.17) is 4.99 Å². The lowest BCUT2D eigenvalue weighted by Crippen LogP contribution is -2.60. The highest BCUT2D eigenvalue weighted by Crippen LogP contribution is 2.37. The van der Waals surface area contributed by atoms with Crippen molar-refractivity contribution in [2.24, 2.45) is 16.8 Å². The molecule has 3 heterocycles. The molecule has 6 nitrogen and oxygen atoms in total. The number of hydrogen-bond donors (Lipinski definition) is 1. The lowest BCUT2D eigenvalue weighted by atomic mass is 9.76. The van der Waals surface area contributed by atoms with Gasteiger partial charge >= 0.3 is 0 Å². The van der Waals surface area contributed by atoms with Gasteiger partial charge in [-0.25, -0.2) is 4.99 Å². The molecule has 0 aromatic heterocycles. The van der Waals surface area contributed by atoms with Crippen molar-refractivity contribution in [3.05, 3.63) is 35.9 Å². The number of nitriles is 1. The van der Waals surface area contributed by atoms with Crippen LogP contribution < -0.4 is 5.32 Å². The number of nitrogens with one attached hydrogen (secondary N) is 1. The van der Waals surface area contributed by atoms with E-state index < -0.39 is 11.5 Å². The molecule has 1 atom stereocenters. The van der Waals surface area contributed by atoms with Crippen LogP contribution in [0.5, 0.6) is 0 Å². The van der Waals surface area contributed by atoms with Crippen LogP contribution in [0.25, 0.3) is 0 Å². The van der Waals surface area contributed by atoms with E-state index in [0.717, 1.165) is 64.3 Å². The summed E-state index contributed by atoms with van der Waals surface area (Å²) in [7, 11) is 0. The third kappa shape index (κ3) is 3.77. The summed E-state index contributed by atoms with van der Waals surface area (Å²) in [5.41, 5.74) is 0.714. The van der Waals surface area contributed by atoms with E-state index in [9.17, 15) is 10.1 Å². The minimum Gasteiger partial charge on any atom is -0.343 e. The quantitative estimate of drug-likeness (QED) is 0.856. The van der Waals surface area contributed by atoms with Crippen LogP contribution in [0.4, 0.5) is 0 Å². The molecule has 3 aliphatic heterocycles. The van der Waals surface area contributed by atoms with Crippen molar-refractivity contribution in [3.63, 3.8) is 0 Å². The number of rotatable bonds is 2. The molecule has 1 amide bonds. The van der Waals surface area contributed by atoms with Gasteiger partial charge in [-0.1, -0.05) is 37.3 Å². The van der Waals surface area contributed by atoms with Crippen molar-refractivity contribution in [3.8, 4) is 6.07 Å². The fourth-order valence-corrected chi connectivity index (χ4v) is 4.62. The number of carbonyl (C=O) groups excluding carboxylic acids is 1. The van der Waals surface area contributed by atoms with E-state index in [2.05, 4.69) is 52.4 Å². The summed E-state index contributed by atoms with van der Waals surface area (Å²) in [6, 6.07) is 12.7. The molecule has 2 saturated heterocycles. The smallest absolute Gasteiger partial charge is 0.246 e. The molecule has 6 heteroatoms. The largest absolute Gasteiger partial charge is 0.343 e. The lowest BCUT2D eigenvalue weighted by Gasteiger charge is -2.45. The van der Waals surface area contributed by atoms with E-state index >= 15 is 0 Å². The van der Waals surface area contributed by atoms with E-state index in [1.54, 1.807) is 0 Å². The Morgan fingerprint density at radius 2 is 1.86 bits per heavy atom. The molecule has 0 bridgehead atoms. The van der Waals surface area contributed by atoms with Gasteiger partial charge in [0.25, 0.3) is 0 Å². The van der Waals surface area contributed by atoms with Gasteiger partial charge in [0.1, 0.15) is 0 Å². The zero-order chi connectivity index (χ0) is 19.6. The summed E-state index contributed by atoms with van der Waals surface area (Å²) in [5.74, 6) is 0.541. The molecular formula is C22H29N5O. The highest BCUT2D eigenvalue weighted by Gasteiger charge is 2.49. The predicted octanol–water partition coefficient (Wildman–Crippen LogP) is 2.38. The normalized spacial score (nSPS) is 25.9.